The molecule has 0 aromatic rings. The zero-order chi connectivity index (χ0) is 7.98. The van der Waals surface area contributed by atoms with Gasteiger partial charge in [0.2, 0.25) is 0 Å². The van der Waals surface area contributed by atoms with E-state index in [0.29, 0.717) is 0 Å². The third-order valence-electron chi connectivity index (χ3n) is 1.06. The van der Waals surface area contributed by atoms with E-state index in [9.17, 15) is 0 Å². The van der Waals surface area contributed by atoms with Gasteiger partial charge in [0.05, 0.1) is 5.55 Å². The number of hydrogen-bond acceptors (Lipinski definition) is 3. The van der Waals surface area contributed by atoms with Crippen molar-refractivity contribution in [3.63, 3.8) is 0 Å². The third-order valence-corrected chi connectivity index (χ3v) is 1.39. The molecule has 0 fully saturated rings. The van der Waals surface area contributed by atoms with Crippen LogP contribution >= 0.6 is 11.8 Å². The minimum absolute atomic E-state index is 0.0763. The summed E-state index contributed by atoms with van der Waals surface area (Å²) in [7, 11) is 1.87. The van der Waals surface area contributed by atoms with E-state index in [1.807, 2.05) is 25.8 Å². The molecule has 58 valence electrons. The van der Waals surface area contributed by atoms with Gasteiger partial charge in [-0.25, -0.2) is 0 Å². The van der Waals surface area contributed by atoms with Crippen molar-refractivity contribution in [3.05, 3.63) is 12.2 Å². The first kappa shape index (κ1) is 9.72. The van der Waals surface area contributed by atoms with Gasteiger partial charge < -0.3 is 0 Å². The maximum atomic E-state index is 4.19. The van der Waals surface area contributed by atoms with Gasteiger partial charge in [0.1, 0.15) is 6.17 Å². The van der Waals surface area contributed by atoms with Crippen molar-refractivity contribution >= 4 is 17.3 Å². The summed E-state index contributed by atoms with van der Waals surface area (Å²) in [6, 6.07) is 0. The summed E-state index contributed by atoms with van der Waals surface area (Å²) in [5.74, 6) is 0. The Morgan fingerprint density at radius 1 is 1.80 bits per heavy atom. The molecular weight excluding hydrogens is 144 g/mol. The predicted molar refractivity (Wildman–Crippen MR) is 49.7 cm³/mol. The molecular formula is C7H14N2S. The minimum Gasteiger partial charge on any atom is -0.295 e. The Morgan fingerprint density at radius 3 is 2.70 bits per heavy atom. The summed E-state index contributed by atoms with van der Waals surface area (Å²) >= 11 is 1.59. The fourth-order valence-corrected chi connectivity index (χ4v) is 0.813. The molecule has 0 aromatic carbocycles. The number of rotatable bonds is 4. The van der Waals surface area contributed by atoms with Gasteiger partial charge in [-0.3, -0.25) is 10.3 Å². The van der Waals surface area contributed by atoms with Gasteiger partial charge >= 0.3 is 0 Å². The van der Waals surface area contributed by atoms with Crippen LogP contribution in [0, 0.1) is 0 Å². The van der Waals surface area contributed by atoms with Crippen molar-refractivity contribution in [1.29, 1.82) is 0 Å². The van der Waals surface area contributed by atoms with E-state index in [-0.39, 0.29) is 6.17 Å². The fraction of sp³-hybridized carbons (Fsp3) is 0.571. The van der Waals surface area contributed by atoms with Crippen LogP contribution < -0.4 is 5.32 Å². The molecule has 0 heterocycles. The third kappa shape index (κ3) is 3.69. The number of nitrogens with one attached hydrogen (secondary N) is 1. The highest BCUT2D eigenvalue weighted by atomic mass is 32.2. The SMILES string of the molecule is C=C(C)C(N=CSC)NC. The lowest BCUT2D eigenvalue weighted by Gasteiger charge is -2.08. The van der Waals surface area contributed by atoms with Crippen molar-refractivity contribution in [2.75, 3.05) is 13.3 Å². The van der Waals surface area contributed by atoms with Crippen LogP contribution in [0.4, 0.5) is 0 Å². The Labute approximate surface area is 66.8 Å². The molecule has 10 heavy (non-hydrogen) atoms. The molecule has 0 aliphatic heterocycles. The van der Waals surface area contributed by atoms with E-state index in [2.05, 4.69) is 16.9 Å². The van der Waals surface area contributed by atoms with Gasteiger partial charge in [-0.2, -0.15) is 0 Å². The summed E-state index contributed by atoms with van der Waals surface area (Å²) in [4.78, 5) is 4.19. The van der Waals surface area contributed by atoms with Gasteiger partial charge in [-0.1, -0.05) is 6.58 Å². The second-order valence-corrected chi connectivity index (χ2v) is 2.71. The van der Waals surface area contributed by atoms with Crippen LogP contribution in [-0.2, 0) is 0 Å². The standard InChI is InChI=1S/C7H14N2S/c1-6(2)7(8-3)9-5-10-4/h5,7-8H,1H2,2-4H3. The fourth-order valence-electron chi connectivity index (χ4n) is 0.570. The van der Waals surface area contributed by atoms with Crippen molar-refractivity contribution in [2.45, 2.75) is 13.1 Å². The van der Waals surface area contributed by atoms with Crippen molar-refractivity contribution in [2.24, 2.45) is 4.99 Å². The zero-order valence-corrected chi connectivity index (χ0v) is 7.53. The quantitative estimate of drug-likeness (QED) is 0.381. The van der Waals surface area contributed by atoms with Crippen LogP contribution in [0.3, 0.4) is 0 Å². The van der Waals surface area contributed by atoms with Crippen LogP contribution in [0.1, 0.15) is 6.92 Å². The van der Waals surface area contributed by atoms with Gasteiger partial charge in [0, 0.05) is 0 Å². The Morgan fingerprint density at radius 2 is 2.40 bits per heavy atom. The Kier molecular flexibility index (Phi) is 5.35. The maximum Gasteiger partial charge on any atom is 0.121 e. The zero-order valence-electron chi connectivity index (χ0n) is 6.72. The van der Waals surface area contributed by atoms with E-state index in [0.717, 1.165) is 5.57 Å². The van der Waals surface area contributed by atoms with Crippen LogP contribution in [0.25, 0.3) is 0 Å². The first-order valence-corrected chi connectivity index (χ1v) is 4.38. The summed E-state index contributed by atoms with van der Waals surface area (Å²) in [6.45, 7) is 5.75. The lowest BCUT2D eigenvalue weighted by molar-refractivity contribution is 0.672. The largest absolute Gasteiger partial charge is 0.295 e. The van der Waals surface area contributed by atoms with Crippen LogP contribution in [0.2, 0.25) is 0 Å². The molecule has 0 aliphatic carbocycles. The lowest BCUT2D eigenvalue weighted by Crippen LogP contribution is -2.23. The number of hydrogen-bond donors (Lipinski definition) is 1. The molecule has 1 atom stereocenters. The minimum atomic E-state index is 0.0763. The number of aliphatic imine (C=N–C) groups is 1. The molecule has 1 N–H and O–H groups in total. The van der Waals surface area contributed by atoms with Gasteiger partial charge in [-0.05, 0) is 25.8 Å². The van der Waals surface area contributed by atoms with Gasteiger partial charge in [0.25, 0.3) is 0 Å². The maximum absolute atomic E-state index is 4.19. The Bertz CT molecular complexity index is 132. The second-order valence-electron chi connectivity index (χ2n) is 2.03. The topological polar surface area (TPSA) is 24.4 Å². The first-order chi connectivity index (χ1) is 4.72. The molecule has 0 aromatic heterocycles. The van der Waals surface area contributed by atoms with Crippen molar-refractivity contribution in [1.82, 2.24) is 5.32 Å². The molecule has 0 radical (unpaired) electrons. The highest BCUT2D eigenvalue weighted by molar-refractivity contribution is 8.11. The highest BCUT2D eigenvalue weighted by Gasteiger charge is 1.99. The monoisotopic (exact) mass is 158 g/mol. The van der Waals surface area contributed by atoms with Crippen LogP contribution in [0.5, 0.6) is 0 Å². The molecule has 0 amide bonds. The summed E-state index contributed by atoms with van der Waals surface area (Å²) in [6.07, 6.45) is 2.06. The van der Waals surface area contributed by atoms with E-state index in [1.54, 1.807) is 11.8 Å². The lowest BCUT2D eigenvalue weighted by atomic mass is 10.3. The summed E-state index contributed by atoms with van der Waals surface area (Å²) < 4.78 is 0. The summed E-state index contributed by atoms with van der Waals surface area (Å²) in [5, 5.41) is 3.03. The molecule has 1 unspecified atom stereocenters. The molecule has 2 nitrogen and oxygen atoms in total. The number of nitrogens with zero attached hydrogens (tertiary/aromatic N) is 1. The summed E-state index contributed by atoms with van der Waals surface area (Å²) in [5.41, 5.74) is 2.85. The van der Waals surface area contributed by atoms with Crippen LogP contribution in [-0.4, -0.2) is 25.0 Å². The highest BCUT2D eigenvalue weighted by Crippen LogP contribution is 1.98. The predicted octanol–water partition coefficient (Wildman–Crippen LogP) is 1.50. The van der Waals surface area contributed by atoms with E-state index < -0.39 is 0 Å². The molecule has 0 saturated carbocycles. The molecule has 0 rings (SSSR count). The normalized spacial score (nSPS) is 13.9. The number of likely N-dealkylation sites (N-methyl/N-ethyl adjacent to an activating group) is 1. The average Bonchev–Trinajstić information content (AvgIpc) is 1.89. The molecule has 0 spiro atoms. The van der Waals surface area contributed by atoms with Gasteiger partial charge in [0.15, 0.2) is 0 Å². The van der Waals surface area contributed by atoms with E-state index in [1.165, 1.54) is 0 Å². The van der Waals surface area contributed by atoms with Crippen LogP contribution in [0.15, 0.2) is 17.1 Å². The Hall–Kier alpha value is -0.280. The molecule has 0 saturated heterocycles. The van der Waals surface area contributed by atoms with E-state index in [4.69, 9.17) is 0 Å². The van der Waals surface area contributed by atoms with Gasteiger partial charge in [-0.15, -0.1) is 11.8 Å². The second kappa shape index (κ2) is 5.50. The molecule has 3 heteroatoms. The van der Waals surface area contributed by atoms with E-state index >= 15 is 0 Å². The molecule has 0 bridgehead atoms. The molecule has 0 aliphatic rings. The Balaban J connectivity index is 3.83. The first-order valence-electron chi connectivity index (χ1n) is 3.09. The smallest absolute Gasteiger partial charge is 0.121 e. The number of thioether (sulfide) groups is 1. The van der Waals surface area contributed by atoms with Crippen molar-refractivity contribution < 1.29 is 0 Å². The van der Waals surface area contributed by atoms with Crippen molar-refractivity contribution in [3.8, 4) is 0 Å². The average molecular weight is 158 g/mol.